The molecule has 0 amide bonds. The van der Waals surface area contributed by atoms with Gasteiger partial charge in [0.15, 0.2) is 0 Å². The van der Waals surface area contributed by atoms with Crippen LogP contribution < -0.4 is 5.69 Å². The van der Waals surface area contributed by atoms with Crippen LogP contribution in [0, 0.1) is 13.8 Å². The van der Waals surface area contributed by atoms with Crippen LogP contribution in [0.25, 0.3) is 5.69 Å². The molecular weight excluding hydrogens is 315 g/mol. The van der Waals surface area contributed by atoms with E-state index in [0.717, 1.165) is 0 Å². The highest BCUT2D eigenvalue weighted by Gasteiger charge is 2.18. The summed E-state index contributed by atoms with van der Waals surface area (Å²) in [4.78, 5) is 27.0. The summed E-state index contributed by atoms with van der Waals surface area (Å²) >= 11 is 12.2. The van der Waals surface area contributed by atoms with Gasteiger partial charge in [0, 0.05) is 17.0 Å². The van der Waals surface area contributed by atoms with E-state index in [4.69, 9.17) is 28.3 Å². The Morgan fingerprint density at radius 3 is 2.38 bits per heavy atom. The normalized spacial score (nSPS) is 10.7. The lowest BCUT2D eigenvalue weighted by Crippen LogP contribution is -2.27. The zero-order valence-electron chi connectivity index (χ0n) is 11.4. The van der Waals surface area contributed by atoms with E-state index in [9.17, 15) is 9.59 Å². The number of carboxylic acids is 1. The standard InChI is InChI=1S/C14H12Cl2N2O3/c1-7-9(6-12(19)20)8(2)18(14(21)17-7)13-10(15)4-3-5-11(13)16/h3-5H,6H2,1-2H3,(H,19,20). The molecule has 21 heavy (non-hydrogen) atoms. The van der Waals surface area contributed by atoms with Crippen LogP contribution in [0.5, 0.6) is 0 Å². The van der Waals surface area contributed by atoms with Crippen LogP contribution in [0.15, 0.2) is 23.0 Å². The van der Waals surface area contributed by atoms with Crippen molar-refractivity contribution in [2.45, 2.75) is 20.3 Å². The Morgan fingerprint density at radius 2 is 1.86 bits per heavy atom. The van der Waals surface area contributed by atoms with E-state index in [1.807, 2.05) is 0 Å². The van der Waals surface area contributed by atoms with Crippen LogP contribution in [0.4, 0.5) is 0 Å². The number of aryl methyl sites for hydroxylation is 1. The molecule has 7 heteroatoms. The summed E-state index contributed by atoms with van der Waals surface area (Å²) in [7, 11) is 0. The van der Waals surface area contributed by atoms with Gasteiger partial charge in [0.1, 0.15) is 0 Å². The number of nitrogens with zero attached hydrogens (tertiary/aromatic N) is 2. The second-order valence-corrected chi connectivity index (χ2v) is 5.33. The molecule has 0 spiro atoms. The van der Waals surface area contributed by atoms with Crippen molar-refractivity contribution in [3.63, 3.8) is 0 Å². The zero-order chi connectivity index (χ0) is 15.7. The predicted molar refractivity (Wildman–Crippen MR) is 80.7 cm³/mol. The lowest BCUT2D eigenvalue weighted by atomic mass is 10.1. The molecule has 1 heterocycles. The second kappa shape index (κ2) is 5.87. The van der Waals surface area contributed by atoms with Gasteiger partial charge in [-0.1, -0.05) is 29.3 Å². The Hall–Kier alpha value is -1.85. The molecule has 0 saturated heterocycles. The summed E-state index contributed by atoms with van der Waals surface area (Å²) < 4.78 is 1.25. The Balaban J connectivity index is 2.81. The van der Waals surface area contributed by atoms with Gasteiger partial charge in [-0.2, -0.15) is 4.98 Å². The maximum Gasteiger partial charge on any atom is 0.352 e. The molecule has 0 fully saturated rings. The quantitative estimate of drug-likeness (QED) is 0.941. The third-order valence-electron chi connectivity index (χ3n) is 3.15. The molecule has 5 nitrogen and oxygen atoms in total. The number of benzene rings is 1. The summed E-state index contributed by atoms with van der Waals surface area (Å²) in [5.41, 5.74) is 1.08. The van der Waals surface area contributed by atoms with Gasteiger partial charge in [-0.25, -0.2) is 4.79 Å². The first kappa shape index (κ1) is 15.5. The topological polar surface area (TPSA) is 72.2 Å². The van der Waals surface area contributed by atoms with Gasteiger partial charge in [-0.05, 0) is 26.0 Å². The van der Waals surface area contributed by atoms with Gasteiger partial charge in [0.05, 0.1) is 22.2 Å². The first-order valence-corrected chi connectivity index (χ1v) is 6.83. The van der Waals surface area contributed by atoms with Gasteiger partial charge >= 0.3 is 11.7 Å². The monoisotopic (exact) mass is 326 g/mol. The van der Waals surface area contributed by atoms with Crippen LogP contribution in [-0.4, -0.2) is 20.6 Å². The number of carbonyl (C=O) groups is 1. The summed E-state index contributed by atoms with van der Waals surface area (Å²) in [5.74, 6) is -1.00. The van der Waals surface area contributed by atoms with E-state index in [1.165, 1.54) is 4.57 Å². The molecule has 0 saturated carbocycles. The number of para-hydroxylation sites is 1. The van der Waals surface area contributed by atoms with Crippen molar-refractivity contribution in [3.8, 4) is 5.69 Å². The van der Waals surface area contributed by atoms with E-state index >= 15 is 0 Å². The summed E-state index contributed by atoms with van der Waals surface area (Å²) in [6.45, 7) is 3.25. The molecule has 1 aromatic heterocycles. The highest BCUT2D eigenvalue weighted by Crippen LogP contribution is 2.29. The number of rotatable bonds is 3. The second-order valence-electron chi connectivity index (χ2n) is 4.52. The van der Waals surface area contributed by atoms with Crippen LogP contribution in [-0.2, 0) is 11.2 Å². The van der Waals surface area contributed by atoms with Gasteiger partial charge in [0.25, 0.3) is 0 Å². The van der Waals surface area contributed by atoms with Crippen LogP contribution in [0.1, 0.15) is 17.0 Å². The van der Waals surface area contributed by atoms with Gasteiger partial charge in [0.2, 0.25) is 0 Å². The number of hydrogen-bond acceptors (Lipinski definition) is 3. The van der Waals surface area contributed by atoms with Crippen LogP contribution in [0.3, 0.4) is 0 Å². The molecule has 0 atom stereocenters. The molecule has 0 bridgehead atoms. The number of halogens is 2. The molecule has 1 N–H and O–H groups in total. The third-order valence-corrected chi connectivity index (χ3v) is 3.76. The summed E-state index contributed by atoms with van der Waals surface area (Å²) in [6.07, 6.45) is -0.229. The molecule has 0 unspecified atom stereocenters. The minimum Gasteiger partial charge on any atom is -0.481 e. The fourth-order valence-corrected chi connectivity index (χ4v) is 2.74. The number of aliphatic carboxylic acids is 1. The van der Waals surface area contributed by atoms with Crippen molar-refractivity contribution in [3.05, 3.63) is 55.7 Å². The fraction of sp³-hybridized carbons (Fsp3) is 0.214. The highest BCUT2D eigenvalue weighted by molar-refractivity contribution is 6.37. The molecule has 110 valence electrons. The first-order chi connectivity index (χ1) is 9.82. The Kier molecular flexibility index (Phi) is 4.34. The Morgan fingerprint density at radius 1 is 1.29 bits per heavy atom. The van der Waals surface area contributed by atoms with Gasteiger partial charge in [-0.15, -0.1) is 0 Å². The number of aromatic nitrogens is 2. The van der Waals surface area contributed by atoms with E-state index < -0.39 is 11.7 Å². The van der Waals surface area contributed by atoms with E-state index in [1.54, 1.807) is 32.0 Å². The van der Waals surface area contributed by atoms with Gasteiger partial charge in [-0.3, -0.25) is 9.36 Å². The van der Waals surface area contributed by atoms with Crippen molar-refractivity contribution in [2.75, 3.05) is 0 Å². The van der Waals surface area contributed by atoms with Crippen molar-refractivity contribution in [2.24, 2.45) is 0 Å². The minimum absolute atomic E-state index is 0.229. The van der Waals surface area contributed by atoms with Crippen LogP contribution >= 0.6 is 23.2 Å². The molecule has 1 aromatic carbocycles. The summed E-state index contributed by atoms with van der Waals surface area (Å²) in [5, 5.41) is 9.57. The largest absolute Gasteiger partial charge is 0.481 e. The van der Waals surface area contributed by atoms with Crippen LogP contribution in [0.2, 0.25) is 10.0 Å². The number of carboxylic acid groups (broad SMARTS) is 1. The van der Waals surface area contributed by atoms with Crippen molar-refractivity contribution in [1.29, 1.82) is 0 Å². The minimum atomic E-state index is -1.00. The average molecular weight is 327 g/mol. The average Bonchev–Trinajstić information content (AvgIpc) is 2.37. The van der Waals surface area contributed by atoms with Gasteiger partial charge < -0.3 is 5.11 Å². The molecule has 0 aliphatic heterocycles. The van der Waals surface area contributed by atoms with E-state index in [0.29, 0.717) is 32.7 Å². The van der Waals surface area contributed by atoms with Crippen molar-refractivity contribution >= 4 is 29.2 Å². The molecule has 2 aromatic rings. The lowest BCUT2D eigenvalue weighted by molar-refractivity contribution is -0.136. The van der Waals surface area contributed by atoms with Crippen molar-refractivity contribution < 1.29 is 9.90 Å². The molecular formula is C14H12Cl2N2O3. The number of hydrogen-bond donors (Lipinski definition) is 1. The molecule has 2 rings (SSSR count). The zero-order valence-corrected chi connectivity index (χ0v) is 12.9. The SMILES string of the molecule is Cc1nc(=O)n(-c2c(Cl)cccc2Cl)c(C)c1CC(=O)O. The first-order valence-electron chi connectivity index (χ1n) is 6.08. The maximum absolute atomic E-state index is 12.2. The Bertz CT molecular complexity index is 764. The maximum atomic E-state index is 12.2. The van der Waals surface area contributed by atoms with E-state index in [-0.39, 0.29) is 6.42 Å². The highest BCUT2D eigenvalue weighted by atomic mass is 35.5. The molecule has 0 radical (unpaired) electrons. The van der Waals surface area contributed by atoms with E-state index in [2.05, 4.69) is 4.98 Å². The van der Waals surface area contributed by atoms with Crippen molar-refractivity contribution in [1.82, 2.24) is 9.55 Å². The third kappa shape index (κ3) is 2.94. The smallest absolute Gasteiger partial charge is 0.352 e. The molecule has 0 aliphatic carbocycles. The fourth-order valence-electron chi connectivity index (χ4n) is 2.17. The molecule has 0 aliphatic rings. The predicted octanol–water partition coefficient (Wildman–Crippen LogP) is 2.78. The summed E-state index contributed by atoms with van der Waals surface area (Å²) in [6, 6.07) is 4.87. The lowest BCUT2D eigenvalue weighted by Gasteiger charge is -2.16. The Labute approximate surface area is 130 Å².